The first-order valence-electron chi connectivity index (χ1n) is 12.3. The molecule has 0 spiro atoms. The average molecular weight is 457 g/mol. The number of aromatic nitrogens is 1. The van der Waals surface area contributed by atoms with Crippen molar-refractivity contribution in [3.05, 3.63) is 70.9 Å². The normalized spacial score (nSPS) is 23.7. The molecule has 1 N–H and O–H groups in total. The molecule has 6 heteroatoms. The quantitative estimate of drug-likeness (QED) is 0.647. The van der Waals surface area contributed by atoms with Gasteiger partial charge in [-0.1, -0.05) is 18.2 Å². The van der Waals surface area contributed by atoms with Crippen molar-refractivity contribution in [1.82, 2.24) is 15.2 Å². The standard InChI is InChI=1S/C28H32N4O2/c1-18-11-25(23-5-4-10-29-26(23)12-18)28(8-9-28)30-27(33)24-13-20(7-6-19(24)2)32-14-21-16-34-17-22(15-32)31(21)3/h4-7,10-13,21-22H,8-9,14-17H2,1-3H3,(H,30,33). The molecule has 2 atom stereocenters. The van der Waals surface area contributed by atoms with E-state index in [2.05, 4.69) is 70.5 Å². The minimum atomic E-state index is -0.310. The minimum Gasteiger partial charge on any atom is -0.378 e. The number of morpholine rings is 1. The first-order valence-corrected chi connectivity index (χ1v) is 12.3. The van der Waals surface area contributed by atoms with Crippen LogP contribution in [0.5, 0.6) is 0 Å². The molecule has 6 nitrogen and oxygen atoms in total. The topological polar surface area (TPSA) is 57.7 Å². The van der Waals surface area contributed by atoms with Crippen LogP contribution >= 0.6 is 0 Å². The zero-order chi connectivity index (χ0) is 23.4. The van der Waals surface area contributed by atoms with E-state index < -0.39 is 0 Å². The van der Waals surface area contributed by atoms with E-state index in [1.54, 1.807) is 0 Å². The Bertz CT molecular complexity index is 1250. The number of hydrogen-bond donors (Lipinski definition) is 1. The fraction of sp³-hybridized carbons (Fsp3) is 0.429. The molecular weight excluding hydrogens is 424 g/mol. The Morgan fingerprint density at radius 1 is 1.09 bits per heavy atom. The fourth-order valence-electron chi connectivity index (χ4n) is 5.67. The van der Waals surface area contributed by atoms with Gasteiger partial charge in [-0.25, -0.2) is 0 Å². The Balaban J connectivity index is 1.28. The second-order valence-electron chi connectivity index (χ2n) is 10.3. The number of carbonyl (C=O) groups excluding carboxylic acids is 1. The maximum Gasteiger partial charge on any atom is 0.252 e. The number of pyridine rings is 1. The summed E-state index contributed by atoms with van der Waals surface area (Å²) in [6.45, 7) is 7.50. The van der Waals surface area contributed by atoms with E-state index in [9.17, 15) is 4.79 Å². The van der Waals surface area contributed by atoms with Crippen molar-refractivity contribution >= 4 is 22.5 Å². The molecule has 2 saturated heterocycles. The zero-order valence-electron chi connectivity index (χ0n) is 20.2. The monoisotopic (exact) mass is 456 g/mol. The van der Waals surface area contributed by atoms with Crippen LogP contribution < -0.4 is 10.2 Å². The molecule has 6 rings (SSSR count). The molecule has 2 aromatic carbocycles. The highest BCUT2D eigenvalue weighted by molar-refractivity contribution is 5.98. The summed E-state index contributed by atoms with van der Waals surface area (Å²) in [5, 5.41) is 4.55. The number of fused-ring (bicyclic) bond motifs is 3. The van der Waals surface area contributed by atoms with Gasteiger partial charge in [0.15, 0.2) is 0 Å². The van der Waals surface area contributed by atoms with Gasteiger partial charge >= 0.3 is 0 Å². The molecule has 3 aliphatic rings. The molecule has 0 radical (unpaired) electrons. The van der Waals surface area contributed by atoms with Crippen LogP contribution in [0.25, 0.3) is 10.9 Å². The Kier molecular flexibility index (Phi) is 5.12. The minimum absolute atomic E-state index is 0.00746. The van der Waals surface area contributed by atoms with Gasteiger partial charge in [-0.05, 0) is 74.7 Å². The van der Waals surface area contributed by atoms with E-state index in [1.807, 2.05) is 19.2 Å². The van der Waals surface area contributed by atoms with Gasteiger partial charge in [0.1, 0.15) is 0 Å². The molecular formula is C28H32N4O2. The fourth-order valence-corrected chi connectivity index (χ4v) is 5.67. The number of aryl methyl sites for hydroxylation is 2. The van der Waals surface area contributed by atoms with Crippen LogP contribution in [0.15, 0.2) is 48.7 Å². The molecule has 2 aliphatic heterocycles. The second kappa shape index (κ2) is 8.07. The summed E-state index contributed by atoms with van der Waals surface area (Å²) in [4.78, 5) is 23.0. The summed E-state index contributed by atoms with van der Waals surface area (Å²) in [6, 6.07) is 15.5. The number of anilines is 1. The van der Waals surface area contributed by atoms with Crippen LogP contribution in [0.4, 0.5) is 5.69 Å². The predicted molar refractivity (Wildman–Crippen MR) is 134 cm³/mol. The Labute approximate surface area is 200 Å². The SMILES string of the molecule is Cc1cc(C2(NC(=O)c3cc(N4CC5COCC(C4)N5C)ccc3C)CC2)c2cccnc2c1. The van der Waals surface area contributed by atoms with Crippen molar-refractivity contribution in [2.75, 3.05) is 38.3 Å². The van der Waals surface area contributed by atoms with Crippen molar-refractivity contribution in [2.24, 2.45) is 0 Å². The molecule has 34 heavy (non-hydrogen) atoms. The number of amides is 1. The summed E-state index contributed by atoms with van der Waals surface area (Å²) >= 11 is 0. The summed E-state index contributed by atoms with van der Waals surface area (Å²) in [5.74, 6) is 0.00746. The van der Waals surface area contributed by atoms with E-state index in [-0.39, 0.29) is 11.4 Å². The number of likely N-dealkylation sites (N-methyl/N-ethyl adjacent to an activating group) is 1. The number of benzene rings is 2. The third kappa shape index (κ3) is 3.65. The van der Waals surface area contributed by atoms with E-state index in [0.717, 1.165) is 66.9 Å². The van der Waals surface area contributed by atoms with Crippen LogP contribution in [0.3, 0.4) is 0 Å². The summed E-state index contributed by atoms with van der Waals surface area (Å²) in [6.07, 6.45) is 3.73. The molecule has 1 saturated carbocycles. The van der Waals surface area contributed by atoms with Crippen LogP contribution in [0.2, 0.25) is 0 Å². The van der Waals surface area contributed by atoms with Crippen LogP contribution in [-0.4, -0.2) is 61.2 Å². The molecule has 2 unspecified atom stereocenters. The molecule has 176 valence electrons. The lowest BCUT2D eigenvalue weighted by atomic mass is 9.96. The molecule has 1 aliphatic carbocycles. The average Bonchev–Trinajstić information content (AvgIpc) is 3.59. The van der Waals surface area contributed by atoms with Crippen molar-refractivity contribution in [2.45, 2.75) is 44.3 Å². The smallest absolute Gasteiger partial charge is 0.252 e. The van der Waals surface area contributed by atoms with Gasteiger partial charge in [-0.15, -0.1) is 0 Å². The number of nitrogens with one attached hydrogen (secondary N) is 1. The molecule has 3 aromatic rings. The van der Waals surface area contributed by atoms with Crippen LogP contribution in [0.1, 0.15) is 39.9 Å². The number of piperazine rings is 1. The third-order valence-electron chi connectivity index (χ3n) is 7.95. The molecule has 2 bridgehead atoms. The Hall–Kier alpha value is -2.96. The Morgan fingerprint density at radius 3 is 2.59 bits per heavy atom. The number of carbonyl (C=O) groups is 1. The highest BCUT2D eigenvalue weighted by Crippen LogP contribution is 2.48. The largest absolute Gasteiger partial charge is 0.378 e. The molecule has 1 amide bonds. The first kappa shape index (κ1) is 21.6. The van der Waals surface area contributed by atoms with Crippen LogP contribution in [-0.2, 0) is 10.3 Å². The van der Waals surface area contributed by atoms with E-state index in [1.165, 1.54) is 11.1 Å². The van der Waals surface area contributed by atoms with Crippen molar-refractivity contribution < 1.29 is 9.53 Å². The number of ether oxygens (including phenoxy) is 1. The van der Waals surface area contributed by atoms with E-state index >= 15 is 0 Å². The maximum atomic E-state index is 13.6. The highest BCUT2D eigenvalue weighted by Gasteiger charge is 2.47. The highest BCUT2D eigenvalue weighted by atomic mass is 16.5. The summed E-state index contributed by atoms with van der Waals surface area (Å²) in [5.41, 5.74) is 5.92. The lowest BCUT2D eigenvalue weighted by Crippen LogP contribution is -2.63. The van der Waals surface area contributed by atoms with Gasteiger partial charge < -0.3 is 15.0 Å². The van der Waals surface area contributed by atoms with Crippen molar-refractivity contribution in [1.29, 1.82) is 0 Å². The van der Waals surface area contributed by atoms with Crippen molar-refractivity contribution in [3.8, 4) is 0 Å². The molecule has 1 aromatic heterocycles. The molecule has 3 heterocycles. The summed E-state index contributed by atoms with van der Waals surface area (Å²) in [7, 11) is 2.20. The summed E-state index contributed by atoms with van der Waals surface area (Å²) < 4.78 is 5.78. The van der Waals surface area contributed by atoms with E-state index in [0.29, 0.717) is 12.1 Å². The Morgan fingerprint density at radius 2 is 1.85 bits per heavy atom. The zero-order valence-corrected chi connectivity index (χ0v) is 20.2. The number of rotatable bonds is 4. The lowest BCUT2D eigenvalue weighted by molar-refractivity contribution is -0.0439. The van der Waals surface area contributed by atoms with Crippen LogP contribution in [0, 0.1) is 13.8 Å². The van der Waals surface area contributed by atoms with Gasteiger partial charge in [-0.2, -0.15) is 0 Å². The number of hydrogen-bond acceptors (Lipinski definition) is 5. The van der Waals surface area contributed by atoms with Gasteiger partial charge in [0.25, 0.3) is 5.91 Å². The van der Waals surface area contributed by atoms with E-state index in [4.69, 9.17) is 4.74 Å². The van der Waals surface area contributed by atoms with Gasteiger partial charge in [0.2, 0.25) is 0 Å². The maximum absolute atomic E-state index is 13.6. The number of nitrogens with zero attached hydrogens (tertiary/aromatic N) is 3. The first-order chi connectivity index (χ1) is 16.4. The van der Waals surface area contributed by atoms with Gasteiger partial charge in [-0.3, -0.25) is 14.7 Å². The third-order valence-corrected chi connectivity index (χ3v) is 7.95. The molecule has 3 fully saturated rings. The van der Waals surface area contributed by atoms with Crippen molar-refractivity contribution in [3.63, 3.8) is 0 Å². The lowest BCUT2D eigenvalue weighted by Gasteiger charge is -2.48. The van der Waals surface area contributed by atoms with Gasteiger partial charge in [0.05, 0.1) is 36.4 Å². The second-order valence-corrected chi connectivity index (χ2v) is 10.3. The predicted octanol–water partition coefficient (Wildman–Crippen LogP) is 3.79. The van der Waals surface area contributed by atoms with Gasteiger partial charge in [0, 0.05) is 35.9 Å².